The second-order valence-corrected chi connectivity index (χ2v) is 7.27. The maximum absolute atomic E-state index is 4.74. The Morgan fingerprint density at radius 3 is 2.40 bits per heavy atom. The van der Waals surface area contributed by atoms with Crippen LogP contribution in [0.5, 0.6) is 0 Å². The molecule has 0 aromatic carbocycles. The summed E-state index contributed by atoms with van der Waals surface area (Å²) in [7, 11) is 0. The number of nitrogens with zero attached hydrogens (tertiary/aromatic N) is 2. The molecule has 0 atom stereocenters. The van der Waals surface area contributed by atoms with Gasteiger partial charge in [0.15, 0.2) is 5.13 Å². The van der Waals surface area contributed by atoms with E-state index in [1.54, 1.807) is 11.3 Å². The highest BCUT2D eigenvalue weighted by Crippen LogP contribution is 2.29. The molecule has 0 aliphatic carbocycles. The van der Waals surface area contributed by atoms with Crippen LogP contribution in [0.25, 0.3) is 11.3 Å². The van der Waals surface area contributed by atoms with Gasteiger partial charge in [-0.3, -0.25) is 4.98 Å². The van der Waals surface area contributed by atoms with Crippen LogP contribution in [-0.2, 0) is 5.41 Å². The van der Waals surface area contributed by atoms with Crippen LogP contribution in [0, 0.1) is 6.92 Å². The molecule has 0 unspecified atom stereocenters. The Balaban J connectivity index is 2.31. The van der Waals surface area contributed by atoms with E-state index in [0.717, 1.165) is 27.8 Å². The van der Waals surface area contributed by atoms with Crippen LogP contribution in [0.4, 0.5) is 5.13 Å². The van der Waals surface area contributed by atoms with Crippen molar-refractivity contribution < 1.29 is 0 Å². The molecule has 0 aliphatic rings. The van der Waals surface area contributed by atoms with Crippen molar-refractivity contribution in [2.75, 3.05) is 5.32 Å². The van der Waals surface area contributed by atoms with Gasteiger partial charge in [-0.25, -0.2) is 4.98 Å². The maximum Gasteiger partial charge on any atom is 0.183 e. The molecule has 2 rings (SSSR count). The monoisotopic (exact) mass is 289 g/mol. The highest BCUT2D eigenvalue weighted by Gasteiger charge is 2.17. The van der Waals surface area contributed by atoms with E-state index in [1.807, 2.05) is 0 Å². The van der Waals surface area contributed by atoms with Gasteiger partial charge in [-0.1, -0.05) is 20.8 Å². The summed E-state index contributed by atoms with van der Waals surface area (Å²) in [6.07, 6.45) is 0. The quantitative estimate of drug-likeness (QED) is 0.895. The predicted molar refractivity (Wildman–Crippen MR) is 87.5 cm³/mol. The van der Waals surface area contributed by atoms with Gasteiger partial charge >= 0.3 is 0 Å². The SMILES string of the molecule is Cc1nc(C(C)(C)C)ccc1-c1csc(NC(C)C)n1. The average molecular weight is 289 g/mol. The number of hydrogen-bond donors (Lipinski definition) is 1. The van der Waals surface area contributed by atoms with E-state index in [-0.39, 0.29) is 5.41 Å². The van der Waals surface area contributed by atoms with Gasteiger partial charge in [0.25, 0.3) is 0 Å². The van der Waals surface area contributed by atoms with Crippen LogP contribution in [0.3, 0.4) is 0 Å². The van der Waals surface area contributed by atoms with E-state index in [9.17, 15) is 0 Å². The molecule has 0 saturated carbocycles. The van der Waals surface area contributed by atoms with Gasteiger partial charge in [0, 0.05) is 33.8 Å². The van der Waals surface area contributed by atoms with Crippen LogP contribution in [0.2, 0.25) is 0 Å². The highest BCUT2D eigenvalue weighted by molar-refractivity contribution is 7.14. The number of thiazole rings is 1. The summed E-state index contributed by atoms with van der Waals surface area (Å²) in [5, 5.41) is 6.39. The van der Waals surface area contributed by atoms with Crippen molar-refractivity contribution in [1.82, 2.24) is 9.97 Å². The lowest BCUT2D eigenvalue weighted by Crippen LogP contribution is -2.14. The Morgan fingerprint density at radius 1 is 1.15 bits per heavy atom. The van der Waals surface area contributed by atoms with E-state index < -0.39 is 0 Å². The number of rotatable bonds is 3. The molecule has 108 valence electrons. The smallest absolute Gasteiger partial charge is 0.183 e. The fourth-order valence-electron chi connectivity index (χ4n) is 1.96. The molecule has 0 spiro atoms. The summed E-state index contributed by atoms with van der Waals surface area (Å²) in [5.41, 5.74) is 4.36. The molecule has 2 aromatic rings. The third-order valence-corrected chi connectivity index (χ3v) is 3.82. The number of anilines is 1. The molecule has 20 heavy (non-hydrogen) atoms. The normalized spacial score (nSPS) is 11.9. The largest absolute Gasteiger partial charge is 0.359 e. The second kappa shape index (κ2) is 5.52. The zero-order chi connectivity index (χ0) is 14.9. The number of aryl methyl sites for hydroxylation is 1. The van der Waals surface area contributed by atoms with Crippen LogP contribution in [0.1, 0.15) is 46.0 Å². The Morgan fingerprint density at radius 2 is 1.85 bits per heavy atom. The molecular weight excluding hydrogens is 266 g/mol. The fraction of sp³-hybridized carbons (Fsp3) is 0.500. The predicted octanol–water partition coefficient (Wildman–Crippen LogP) is 4.63. The Bertz CT molecular complexity index is 594. The first kappa shape index (κ1) is 15.0. The summed E-state index contributed by atoms with van der Waals surface area (Å²) in [4.78, 5) is 9.38. The molecule has 0 amide bonds. The molecule has 0 bridgehead atoms. The molecule has 2 aromatic heterocycles. The van der Waals surface area contributed by atoms with E-state index in [1.165, 1.54) is 0 Å². The Hall–Kier alpha value is -1.42. The van der Waals surface area contributed by atoms with Crippen molar-refractivity contribution >= 4 is 16.5 Å². The van der Waals surface area contributed by atoms with Gasteiger partial charge < -0.3 is 5.32 Å². The third kappa shape index (κ3) is 3.37. The van der Waals surface area contributed by atoms with Crippen molar-refractivity contribution in [2.45, 2.75) is 53.0 Å². The van der Waals surface area contributed by atoms with Crippen LogP contribution in [-0.4, -0.2) is 16.0 Å². The number of nitrogens with one attached hydrogen (secondary N) is 1. The van der Waals surface area contributed by atoms with E-state index >= 15 is 0 Å². The van der Waals surface area contributed by atoms with Crippen molar-refractivity contribution in [1.29, 1.82) is 0 Å². The van der Waals surface area contributed by atoms with Crippen molar-refractivity contribution in [3.63, 3.8) is 0 Å². The van der Waals surface area contributed by atoms with Crippen molar-refractivity contribution in [3.05, 3.63) is 28.9 Å². The summed E-state index contributed by atoms with van der Waals surface area (Å²) in [5.74, 6) is 0. The molecule has 1 N–H and O–H groups in total. The van der Waals surface area contributed by atoms with Gasteiger partial charge in [0.05, 0.1) is 5.69 Å². The lowest BCUT2D eigenvalue weighted by atomic mass is 9.91. The van der Waals surface area contributed by atoms with Gasteiger partial charge in [-0.2, -0.15) is 0 Å². The van der Waals surface area contributed by atoms with E-state index in [2.05, 4.69) is 69.4 Å². The highest BCUT2D eigenvalue weighted by atomic mass is 32.1. The lowest BCUT2D eigenvalue weighted by molar-refractivity contribution is 0.567. The first-order chi connectivity index (χ1) is 9.27. The molecule has 4 heteroatoms. The van der Waals surface area contributed by atoms with Gasteiger partial charge in [0.2, 0.25) is 0 Å². The van der Waals surface area contributed by atoms with Gasteiger partial charge in [0.1, 0.15) is 0 Å². The summed E-state index contributed by atoms with van der Waals surface area (Å²) < 4.78 is 0. The Labute approximate surface area is 125 Å². The lowest BCUT2D eigenvalue weighted by Gasteiger charge is -2.18. The molecule has 0 aliphatic heterocycles. The van der Waals surface area contributed by atoms with Gasteiger partial charge in [-0.15, -0.1) is 11.3 Å². The zero-order valence-electron chi connectivity index (χ0n) is 13.1. The van der Waals surface area contributed by atoms with Crippen LogP contribution in [0.15, 0.2) is 17.5 Å². The Kier molecular flexibility index (Phi) is 4.14. The molecule has 0 radical (unpaired) electrons. The minimum Gasteiger partial charge on any atom is -0.359 e. The minimum absolute atomic E-state index is 0.0791. The van der Waals surface area contributed by atoms with Crippen molar-refractivity contribution in [2.24, 2.45) is 0 Å². The molecule has 3 nitrogen and oxygen atoms in total. The summed E-state index contributed by atoms with van der Waals surface area (Å²) in [6, 6.07) is 4.64. The first-order valence-corrected chi connectivity index (χ1v) is 7.86. The van der Waals surface area contributed by atoms with Crippen molar-refractivity contribution in [3.8, 4) is 11.3 Å². The van der Waals surface area contributed by atoms with Gasteiger partial charge in [-0.05, 0) is 32.9 Å². The molecule has 0 fully saturated rings. The molecular formula is C16H23N3S. The van der Waals surface area contributed by atoms with Crippen LogP contribution < -0.4 is 5.32 Å². The summed E-state index contributed by atoms with van der Waals surface area (Å²) >= 11 is 1.64. The van der Waals surface area contributed by atoms with Crippen LogP contribution >= 0.6 is 11.3 Å². The maximum atomic E-state index is 4.74. The fourth-order valence-corrected chi connectivity index (χ4v) is 2.82. The number of pyridine rings is 1. The standard InChI is InChI=1S/C16H23N3S/c1-10(2)17-15-19-13(9-20-15)12-7-8-14(16(4,5)6)18-11(12)3/h7-10H,1-6H3,(H,17,19). The second-order valence-electron chi connectivity index (χ2n) is 6.42. The number of aromatic nitrogens is 2. The topological polar surface area (TPSA) is 37.8 Å². The third-order valence-electron chi connectivity index (χ3n) is 3.05. The summed E-state index contributed by atoms with van der Waals surface area (Å²) in [6.45, 7) is 12.8. The molecule has 2 heterocycles. The first-order valence-electron chi connectivity index (χ1n) is 6.98. The van der Waals surface area contributed by atoms with E-state index in [4.69, 9.17) is 4.98 Å². The van der Waals surface area contributed by atoms with E-state index in [0.29, 0.717) is 6.04 Å². The zero-order valence-corrected chi connectivity index (χ0v) is 13.9. The molecule has 0 saturated heterocycles. The minimum atomic E-state index is 0.0791. The number of hydrogen-bond acceptors (Lipinski definition) is 4. The average Bonchev–Trinajstić information content (AvgIpc) is 2.75.